The van der Waals surface area contributed by atoms with Crippen LogP contribution in [0, 0.1) is 17.3 Å². The summed E-state index contributed by atoms with van der Waals surface area (Å²) in [4.78, 5) is 24.2. The number of ether oxygens (including phenoxy) is 1. The van der Waals surface area contributed by atoms with Gasteiger partial charge >= 0.3 is 5.97 Å². The van der Waals surface area contributed by atoms with E-state index in [4.69, 9.17) is 4.74 Å². The number of hydrogen-bond acceptors (Lipinski definition) is 3. The van der Waals surface area contributed by atoms with Crippen molar-refractivity contribution in [2.45, 2.75) is 53.5 Å². The largest absolute Gasteiger partial charge is 0.465 e. The maximum absolute atomic E-state index is 12.2. The second kappa shape index (κ2) is 5.72. The van der Waals surface area contributed by atoms with Crippen LogP contribution < -0.4 is 5.32 Å². The zero-order chi connectivity index (χ0) is 13.9. The van der Waals surface area contributed by atoms with Gasteiger partial charge in [-0.25, -0.2) is 0 Å². The predicted octanol–water partition coefficient (Wildman–Crippen LogP) is 2.13. The van der Waals surface area contributed by atoms with Crippen LogP contribution in [-0.4, -0.2) is 24.5 Å². The molecule has 0 aromatic heterocycles. The summed E-state index contributed by atoms with van der Waals surface area (Å²) in [5, 5.41) is 2.95. The molecule has 0 aliphatic heterocycles. The molecule has 4 nitrogen and oxygen atoms in total. The van der Waals surface area contributed by atoms with Crippen molar-refractivity contribution in [3.05, 3.63) is 0 Å². The molecule has 0 heterocycles. The van der Waals surface area contributed by atoms with E-state index in [-0.39, 0.29) is 11.9 Å². The van der Waals surface area contributed by atoms with Gasteiger partial charge in [0.2, 0.25) is 5.91 Å². The first kappa shape index (κ1) is 15.0. The van der Waals surface area contributed by atoms with E-state index < -0.39 is 17.3 Å². The smallest absolute Gasteiger partial charge is 0.319 e. The molecule has 1 rings (SSSR count). The van der Waals surface area contributed by atoms with E-state index in [0.29, 0.717) is 12.5 Å². The Morgan fingerprint density at radius 2 is 1.89 bits per heavy atom. The standard InChI is InChI=1S/C14H25NO3/c1-6-18-13(17)11(14(3,4)5)12(16)15-9(2)10-7-8-10/h9-11H,6-8H2,1-5H3,(H,15,16). The van der Waals surface area contributed by atoms with Crippen molar-refractivity contribution in [3.8, 4) is 0 Å². The second-order valence-corrected chi connectivity index (χ2v) is 6.19. The Balaban J connectivity index is 2.69. The molecular formula is C14H25NO3. The van der Waals surface area contributed by atoms with Crippen LogP contribution in [0.3, 0.4) is 0 Å². The average molecular weight is 255 g/mol. The van der Waals surface area contributed by atoms with Crippen LogP contribution in [0.15, 0.2) is 0 Å². The molecule has 104 valence electrons. The van der Waals surface area contributed by atoms with E-state index in [1.165, 1.54) is 12.8 Å². The maximum atomic E-state index is 12.2. The maximum Gasteiger partial charge on any atom is 0.319 e. The highest BCUT2D eigenvalue weighted by atomic mass is 16.5. The molecule has 2 atom stereocenters. The van der Waals surface area contributed by atoms with Crippen LogP contribution in [0.1, 0.15) is 47.5 Å². The van der Waals surface area contributed by atoms with Crippen molar-refractivity contribution in [2.75, 3.05) is 6.61 Å². The molecule has 1 amide bonds. The Morgan fingerprint density at radius 3 is 2.28 bits per heavy atom. The molecule has 1 N–H and O–H groups in total. The van der Waals surface area contributed by atoms with Crippen molar-refractivity contribution < 1.29 is 14.3 Å². The minimum Gasteiger partial charge on any atom is -0.465 e. The highest BCUT2D eigenvalue weighted by Crippen LogP contribution is 2.33. The Labute approximate surface area is 109 Å². The Hall–Kier alpha value is -1.06. The average Bonchev–Trinajstić information content (AvgIpc) is 2.97. The van der Waals surface area contributed by atoms with Crippen LogP contribution in [0.5, 0.6) is 0 Å². The molecule has 1 fully saturated rings. The molecule has 1 aliphatic rings. The molecule has 0 radical (unpaired) electrons. The van der Waals surface area contributed by atoms with Crippen LogP contribution >= 0.6 is 0 Å². The van der Waals surface area contributed by atoms with Gasteiger partial charge in [-0.05, 0) is 38.0 Å². The van der Waals surface area contributed by atoms with Crippen molar-refractivity contribution in [1.29, 1.82) is 0 Å². The van der Waals surface area contributed by atoms with E-state index >= 15 is 0 Å². The zero-order valence-corrected chi connectivity index (χ0v) is 12.1. The molecule has 0 spiro atoms. The molecule has 0 bridgehead atoms. The summed E-state index contributed by atoms with van der Waals surface area (Å²) in [6, 6.07) is 0.150. The topological polar surface area (TPSA) is 55.4 Å². The number of amides is 1. The number of carbonyl (C=O) groups is 2. The summed E-state index contributed by atoms with van der Waals surface area (Å²) in [6.45, 7) is 9.71. The summed E-state index contributed by atoms with van der Waals surface area (Å²) in [7, 11) is 0. The van der Waals surface area contributed by atoms with Gasteiger partial charge in [-0.3, -0.25) is 9.59 Å². The number of hydrogen-bond donors (Lipinski definition) is 1. The van der Waals surface area contributed by atoms with Gasteiger partial charge in [0.1, 0.15) is 5.92 Å². The Bertz CT molecular complexity index is 315. The fourth-order valence-electron chi connectivity index (χ4n) is 2.10. The summed E-state index contributed by atoms with van der Waals surface area (Å²) in [5.74, 6) is -0.790. The normalized spacial score (nSPS) is 18.9. The number of rotatable bonds is 5. The summed E-state index contributed by atoms with van der Waals surface area (Å²) >= 11 is 0. The number of nitrogens with one attached hydrogen (secondary N) is 1. The van der Waals surface area contributed by atoms with Crippen molar-refractivity contribution in [2.24, 2.45) is 17.3 Å². The molecule has 0 aromatic carbocycles. The minimum atomic E-state index is -0.737. The van der Waals surface area contributed by atoms with Gasteiger partial charge in [-0.15, -0.1) is 0 Å². The number of esters is 1. The summed E-state index contributed by atoms with van der Waals surface area (Å²) < 4.78 is 5.01. The van der Waals surface area contributed by atoms with E-state index in [1.807, 2.05) is 27.7 Å². The molecule has 4 heteroatoms. The van der Waals surface area contributed by atoms with Crippen LogP contribution in [0.4, 0.5) is 0 Å². The first-order valence-electron chi connectivity index (χ1n) is 6.74. The highest BCUT2D eigenvalue weighted by molar-refractivity contribution is 5.98. The van der Waals surface area contributed by atoms with Gasteiger partial charge in [-0.2, -0.15) is 0 Å². The zero-order valence-electron chi connectivity index (χ0n) is 12.1. The predicted molar refractivity (Wildman–Crippen MR) is 69.9 cm³/mol. The highest BCUT2D eigenvalue weighted by Gasteiger charge is 2.40. The van der Waals surface area contributed by atoms with Gasteiger partial charge in [-0.1, -0.05) is 20.8 Å². The van der Waals surface area contributed by atoms with Crippen molar-refractivity contribution in [1.82, 2.24) is 5.32 Å². The van der Waals surface area contributed by atoms with Gasteiger partial charge in [0.15, 0.2) is 0 Å². The van der Waals surface area contributed by atoms with E-state index in [2.05, 4.69) is 5.32 Å². The number of carbonyl (C=O) groups excluding carboxylic acids is 2. The lowest BCUT2D eigenvalue weighted by Gasteiger charge is -2.28. The van der Waals surface area contributed by atoms with Gasteiger partial charge in [0, 0.05) is 6.04 Å². The molecule has 0 saturated heterocycles. The van der Waals surface area contributed by atoms with E-state index in [1.54, 1.807) is 6.92 Å². The molecule has 2 unspecified atom stereocenters. The van der Waals surface area contributed by atoms with Crippen LogP contribution in [0.25, 0.3) is 0 Å². The lowest BCUT2D eigenvalue weighted by Crippen LogP contribution is -2.46. The Morgan fingerprint density at radius 1 is 1.33 bits per heavy atom. The SMILES string of the molecule is CCOC(=O)C(C(=O)NC(C)C1CC1)C(C)(C)C. The van der Waals surface area contributed by atoms with E-state index in [0.717, 1.165) is 0 Å². The van der Waals surface area contributed by atoms with Gasteiger partial charge in [0.05, 0.1) is 6.61 Å². The third-order valence-corrected chi connectivity index (χ3v) is 3.35. The molecule has 1 saturated carbocycles. The lowest BCUT2D eigenvalue weighted by atomic mass is 9.80. The monoisotopic (exact) mass is 255 g/mol. The minimum absolute atomic E-state index is 0.150. The molecule has 1 aliphatic carbocycles. The fourth-order valence-corrected chi connectivity index (χ4v) is 2.10. The van der Waals surface area contributed by atoms with Gasteiger partial charge in [0.25, 0.3) is 0 Å². The fraction of sp³-hybridized carbons (Fsp3) is 0.857. The van der Waals surface area contributed by atoms with Crippen molar-refractivity contribution >= 4 is 11.9 Å². The first-order chi connectivity index (χ1) is 8.27. The molecular weight excluding hydrogens is 230 g/mol. The van der Waals surface area contributed by atoms with Crippen molar-refractivity contribution in [3.63, 3.8) is 0 Å². The first-order valence-corrected chi connectivity index (χ1v) is 6.74. The summed E-state index contributed by atoms with van der Waals surface area (Å²) in [5.41, 5.74) is -0.431. The van der Waals surface area contributed by atoms with Crippen LogP contribution in [0.2, 0.25) is 0 Å². The van der Waals surface area contributed by atoms with Crippen LogP contribution in [-0.2, 0) is 14.3 Å². The third-order valence-electron chi connectivity index (χ3n) is 3.35. The molecule has 18 heavy (non-hydrogen) atoms. The molecule has 0 aromatic rings. The van der Waals surface area contributed by atoms with Gasteiger partial charge < -0.3 is 10.1 Å². The lowest BCUT2D eigenvalue weighted by molar-refractivity contribution is -0.156. The van der Waals surface area contributed by atoms with E-state index in [9.17, 15) is 9.59 Å². The summed E-state index contributed by atoms with van der Waals surface area (Å²) in [6.07, 6.45) is 2.34. The third kappa shape index (κ3) is 4.00. The quantitative estimate of drug-likeness (QED) is 0.605. The second-order valence-electron chi connectivity index (χ2n) is 6.19. The Kier molecular flexibility index (Phi) is 4.77.